The molecule has 0 saturated carbocycles. The molecule has 0 bridgehead atoms. The second kappa shape index (κ2) is 7.69. The van der Waals surface area contributed by atoms with E-state index in [0.29, 0.717) is 42.8 Å². The Hall–Kier alpha value is -2.68. The Morgan fingerprint density at radius 1 is 1.46 bits per heavy atom. The van der Waals surface area contributed by atoms with E-state index < -0.39 is 18.3 Å². The Kier molecular flexibility index (Phi) is 5.36. The molecule has 26 heavy (non-hydrogen) atoms. The van der Waals surface area contributed by atoms with E-state index in [1.165, 1.54) is 6.20 Å². The number of rotatable bonds is 5. The molecule has 1 aromatic carbocycles. The fourth-order valence-corrected chi connectivity index (χ4v) is 3.23. The van der Waals surface area contributed by atoms with Crippen LogP contribution in [0, 0.1) is 0 Å². The van der Waals surface area contributed by atoms with Crippen LogP contribution in [0.1, 0.15) is 6.42 Å². The number of piperidine rings is 1. The maximum Gasteiger partial charge on any atom is 0.404 e. The molecule has 2 atom stereocenters. The van der Waals surface area contributed by atoms with Crippen molar-refractivity contribution in [2.75, 3.05) is 26.7 Å². The lowest BCUT2D eigenvalue weighted by molar-refractivity contribution is 0.0976. The van der Waals surface area contributed by atoms with Crippen molar-refractivity contribution < 1.29 is 19.0 Å². The van der Waals surface area contributed by atoms with Crippen molar-refractivity contribution in [3.05, 3.63) is 34.7 Å². The van der Waals surface area contributed by atoms with Gasteiger partial charge in [-0.1, -0.05) is 0 Å². The predicted molar refractivity (Wildman–Crippen MR) is 93.5 cm³/mol. The maximum absolute atomic E-state index is 14.2. The predicted octanol–water partition coefficient (Wildman–Crippen LogP) is 1.09. The van der Waals surface area contributed by atoms with Crippen LogP contribution < -0.4 is 15.6 Å². The van der Waals surface area contributed by atoms with Gasteiger partial charge in [-0.25, -0.2) is 14.2 Å². The lowest BCUT2D eigenvalue weighted by Crippen LogP contribution is -2.52. The van der Waals surface area contributed by atoms with Crippen LogP contribution in [0.15, 0.2) is 29.2 Å². The first kappa shape index (κ1) is 18.1. The van der Waals surface area contributed by atoms with Crippen molar-refractivity contribution >= 4 is 17.1 Å². The second-order valence-electron chi connectivity index (χ2n) is 6.26. The molecule has 1 aliphatic heterocycles. The molecule has 0 radical (unpaired) electrons. The first-order valence-corrected chi connectivity index (χ1v) is 8.37. The van der Waals surface area contributed by atoms with E-state index >= 15 is 0 Å². The van der Waals surface area contributed by atoms with E-state index in [2.05, 4.69) is 10.3 Å². The quantitative estimate of drug-likeness (QED) is 0.824. The van der Waals surface area contributed by atoms with Crippen LogP contribution in [0.4, 0.5) is 9.18 Å². The van der Waals surface area contributed by atoms with Crippen molar-refractivity contribution in [1.29, 1.82) is 0 Å². The number of aromatic nitrogens is 2. The molecule has 1 aromatic heterocycles. The number of likely N-dealkylation sites (tertiary alicyclic amines) is 1. The molecule has 9 heteroatoms. The van der Waals surface area contributed by atoms with Crippen LogP contribution in [-0.2, 0) is 6.54 Å². The average molecular weight is 364 g/mol. The van der Waals surface area contributed by atoms with Gasteiger partial charge in [-0.15, -0.1) is 0 Å². The van der Waals surface area contributed by atoms with E-state index in [-0.39, 0.29) is 12.1 Å². The van der Waals surface area contributed by atoms with Gasteiger partial charge in [-0.05, 0) is 18.6 Å². The second-order valence-corrected chi connectivity index (χ2v) is 6.26. The van der Waals surface area contributed by atoms with Crippen molar-refractivity contribution in [1.82, 2.24) is 19.8 Å². The number of hydrogen-bond acceptors (Lipinski definition) is 5. The number of carboxylic acid groups (broad SMARTS) is 1. The third-order valence-electron chi connectivity index (χ3n) is 4.63. The molecule has 2 N–H and O–H groups in total. The highest BCUT2D eigenvalue weighted by atomic mass is 19.1. The number of nitrogens with zero attached hydrogens (tertiary/aromatic N) is 3. The molecule has 1 saturated heterocycles. The van der Waals surface area contributed by atoms with Crippen LogP contribution in [0.3, 0.4) is 0 Å². The van der Waals surface area contributed by atoms with Gasteiger partial charge in [0.25, 0.3) is 5.56 Å². The lowest BCUT2D eigenvalue weighted by atomic mass is 10.0. The summed E-state index contributed by atoms with van der Waals surface area (Å²) in [6, 6.07) is 4.63. The number of methoxy groups -OCH3 is 1. The van der Waals surface area contributed by atoms with Crippen LogP contribution in [0.5, 0.6) is 5.75 Å². The van der Waals surface area contributed by atoms with Gasteiger partial charge in [-0.3, -0.25) is 9.69 Å². The summed E-state index contributed by atoms with van der Waals surface area (Å²) < 4.78 is 21.0. The number of ether oxygens (including phenoxy) is 1. The minimum Gasteiger partial charge on any atom is -0.497 e. The molecule has 3 rings (SSSR count). The zero-order valence-electron chi connectivity index (χ0n) is 14.4. The number of fused-ring (bicyclic) bond motifs is 1. The summed E-state index contributed by atoms with van der Waals surface area (Å²) in [7, 11) is 1.55. The third kappa shape index (κ3) is 3.93. The zero-order chi connectivity index (χ0) is 18.7. The zero-order valence-corrected chi connectivity index (χ0v) is 14.4. The summed E-state index contributed by atoms with van der Waals surface area (Å²) >= 11 is 0. The summed E-state index contributed by atoms with van der Waals surface area (Å²) in [5, 5.41) is 10.9. The minimum atomic E-state index is -1.27. The lowest BCUT2D eigenvalue weighted by Gasteiger charge is -2.34. The number of alkyl halides is 1. The molecule has 0 aliphatic carbocycles. The van der Waals surface area contributed by atoms with E-state index in [1.807, 2.05) is 4.90 Å². The van der Waals surface area contributed by atoms with Crippen LogP contribution in [0.25, 0.3) is 11.0 Å². The number of nitrogens with one attached hydrogen (secondary N) is 1. The average Bonchev–Trinajstić information content (AvgIpc) is 2.62. The maximum atomic E-state index is 14.2. The van der Waals surface area contributed by atoms with Gasteiger partial charge in [-0.2, -0.15) is 0 Å². The molecule has 1 aliphatic rings. The van der Waals surface area contributed by atoms with Crippen molar-refractivity contribution in [3.8, 4) is 5.75 Å². The summed E-state index contributed by atoms with van der Waals surface area (Å²) in [5.41, 5.74) is 1.11. The first-order chi connectivity index (χ1) is 12.5. The fraction of sp³-hybridized carbons (Fsp3) is 0.471. The number of halogens is 1. The van der Waals surface area contributed by atoms with E-state index in [1.54, 1.807) is 29.9 Å². The van der Waals surface area contributed by atoms with Crippen molar-refractivity contribution in [3.63, 3.8) is 0 Å². The van der Waals surface area contributed by atoms with E-state index in [0.717, 1.165) is 0 Å². The Labute approximate surface area is 149 Å². The van der Waals surface area contributed by atoms with E-state index in [9.17, 15) is 14.0 Å². The molecule has 1 amide bonds. The Morgan fingerprint density at radius 2 is 2.27 bits per heavy atom. The molecular formula is C17H21FN4O4. The van der Waals surface area contributed by atoms with Crippen molar-refractivity contribution in [2.24, 2.45) is 0 Å². The van der Waals surface area contributed by atoms with Gasteiger partial charge in [0.2, 0.25) is 0 Å². The summed E-state index contributed by atoms with van der Waals surface area (Å²) in [5.74, 6) is 0.628. The molecule has 2 unspecified atom stereocenters. The van der Waals surface area contributed by atoms with Crippen molar-refractivity contribution in [2.45, 2.75) is 25.2 Å². The number of benzene rings is 1. The summed E-state index contributed by atoms with van der Waals surface area (Å²) in [6.07, 6.45) is -0.816. The molecule has 140 valence electrons. The fourth-order valence-electron chi connectivity index (χ4n) is 3.23. The summed E-state index contributed by atoms with van der Waals surface area (Å²) in [6.45, 7) is 1.56. The monoisotopic (exact) mass is 364 g/mol. The van der Waals surface area contributed by atoms with Gasteiger partial charge < -0.3 is 19.7 Å². The topological polar surface area (TPSA) is 96.7 Å². The van der Waals surface area contributed by atoms with Gasteiger partial charge in [0.15, 0.2) is 0 Å². The van der Waals surface area contributed by atoms with Gasteiger partial charge in [0, 0.05) is 32.2 Å². The molecule has 8 nitrogen and oxygen atoms in total. The third-order valence-corrected chi connectivity index (χ3v) is 4.63. The number of amides is 1. The van der Waals surface area contributed by atoms with Crippen LogP contribution in [0.2, 0.25) is 0 Å². The number of hydrogen-bond donors (Lipinski definition) is 2. The Morgan fingerprint density at radius 3 is 2.96 bits per heavy atom. The number of carbonyl (C=O) groups is 1. The highest BCUT2D eigenvalue weighted by Gasteiger charge is 2.30. The van der Waals surface area contributed by atoms with Gasteiger partial charge in [0.05, 0.1) is 30.4 Å². The van der Waals surface area contributed by atoms with Crippen LogP contribution >= 0.6 is 0 Å². The van der Waals surface area contributed by atoms with Crippen LogP contribution in [-0.4, -0.2) is 64.6 Å². The highest BCUT2D eigenvalue weighted by molar-refractivity contribution is 5.76. The molecule has 2 heterocycles. The standard InChI is InChI=1S/C17H21FN4O4/c1-26-11-2-3-14-15(8-11)22(16(23)9-19-14)7-6-21-5-4-13(12(18)10-21)20-17(24)25/h2-3,8-9,12-13,20H,4-7,10H2,1H3,(H,24,25). The smallest absolute Gasteiger partial charge is 0.404 e. The minimum absolute atomic E-state index is 0.131. The Balaban J connectivity index is 1.71. The largest absolute Gasteiger partial charge is 0.497 e. The molecular weight excluding hydrogens is 343 g/mol. The normalized spacial score (nSPS) is 20.8. The highest BCUT2D eigenvalue weighted by Crippen LogP contribution is 2.18. The van der Waals surface area contributed by atoms with E-state index in [4.69, 9.17) is 9.84 Å². The Bertz CT molecular complexity index is 856. The molecule has 1 fully saturated rings. The molecule has 0 spiro atoms. The SMILES string of the molecule is COc1ccc2ncc(=O)n(CCN3CCC(NC(=O)O)C(F)C3)c2c1. The van der Waals surface area contributed by atoms with Gasteiger partial charge in [0.1, 0.15) is 11.9 Å². The summed E-state index contributed by atoms with van der Waals surface area (Å²) in [4.78, 5) is 28.9. The first-order valence-electron chi connectivity index (χ1n) is 8.37. The molecule has 2 aromatic rings. The van der Waals surface area contributed by atoms with Gasteiger partial charge >= 0.3 is 6.09 Å².